The fourth-order valence-electron chi connectivity index (χ4n) is 4.78. The number of rotatable bonds is 7. The third-order valence-corrected chi connectivity index (χ3v) is 7.81. The van der Waals surface area contributed by atoms with Crippen LogP contribution in [0.5, 0.6) is 5.88 Å². The van der Waals surface area contributed by atoms with Crippen LogP contribution in [0.2, 0.25) is 0 Å². The van der Waals surface area contributed by atoms with E-state index in [0.717, 1.165) is 36.1 Å². The smallest absolute Gasteiger partial charge is 0.328 e. The van der Waals surface area contributed by atoms with E-state index in [1.54, 1.807) is 18.1 Å². The second kappa shape index (κ2) is 11.6. The van der Waals surface area contributed by atoms with E-state index >= 15 is 0 Å². The van der Waals surface area contributed by atoms with Gasteiger partial charge in [0.25, 0.3) is 0 Å². The number of fused-ring (bicyclic) bond motifs is 1. The summed E-state index contributed by atoms with van der Waals surface area (Å²) in [5.41, 5.74) is 2.96. The zero-order valence-corrected chi connectivity index (χ0v) is 23.3. The lowest BCUT2D eigenvalue weighted by atomic mass is 9.86. The predicted molar refractivity (Wildman–Crippen MR) is 149 cm³/mol. The van der Waals surface area contributed by atoms with Gasteiger partial charge >= 0.3 is 6.03 Å². The molecule has 0 spiro atoms. The van der Waals surface area contributed by atoms with Crippen molar-refractivity contribution < 1.29 is 14.3 Å². The van der Waals surface area contributed by atoms with Crippen LogP contribution in [0.25, 0.3) is 0 Å². The third kappa shape index (κ3) is 6.19. The second-order valence-corrected chi connectivity index (χ2v) is 11.0. The van der Waals surface area contributed by atoms with E-state index in [-0.39, 0.29) is 17.4 Å². The summed E-state index contributed by atoms with van der Waals surface area (Å²) in [6, 6.07) is 5.61. The Morgan fingerprint density at radius 2 is 2.05 bits per heavy atom. The van der Waals surface area contributed by atoms with Crippen molar-refractivity contribution in [2.75, 3.05) is 56.3 Å². The largest absolute Gasteiger partial charge is 0.481 e. The SMILES string of the molecule is COc1nc2c(cc1CN1CCN(C)CC1=O)CCCN2C(=O)Nc1cc(CC(C)(C)CS)c(C#N)cn1. The molecule has 10 nitrogen and oxygen atoms in total. The molecule has 0 unspecified atom stereocenters. The van der Waals surface area contributed by atoms with Crippen LogP contribution in [0.3, 0.4) is 0 Å². The fraction of sp³-hybridized carbons (Fsp3) is 0.519. The van der Waals surface area contributed by atoms with Gasteiger partial charge in [-0.3, -0.25) is 19.9 Å². The first-order chi connectivity index (χ1) is 18.1. The number of aryl methyl sites for hydroxylation is 1. The third-order valence-electron chi connectivity index (χ3n) is 6.95. The Morgan fingerprint density at radius 3 is 2.74 bits per heavy atom. The van der Waals surface area contributed by atoms with Crippen LogP contribution in [0.1, 0.15) is 42.5 Å². The molecule has 1 saturated heterocycles. The molecule has 1 fully saturated rings. The van der Waals surface area contributed by atoms with Crippen molar-refractivity contribution in [3.8, 4) is 11.9 Å². The maximum Gasteiger partial charge on any atom is 0.328 e. The van der Waals surface area contributed by atoms with Gasteiger partial charge < -0.3 is 9.64 Å². The van der Waals surface area contributed by atoms with Crippen LogP contribution in [0, 0.1) is 16.7 Å². The van der Waals surface area contributed by atoms with Gasteiger partial charge in [0.1, 0.15) is 17.7 Å². The number of aromatic nitrogens is 2. The number of ether oxygens (including phenoxy) is 1. The molecule has 11 heteroatoms. The zero-order valence-electron chi connectivity index (χ0n) is 22.5. The lowest BCUT2D eigenvalue weighted by Gasteiger charge is -2.33. The molecule has 3 amide bonds. The highest BCUT2D eigenvalue weighted by molar-refractivity contribution is 7.80. The second-order valence-electron chi connectivity index (χ2n) is 10.7. The van der Waals surface area contributed by atoms with Crippen LogP contribution in [-0.2, 0) is 24.2 Å². The number of amides is 3. The molecule has 0 radical (unpaired) electrons. The van der Waals surface area contributed by atoms with Crippen LogP contribution < -0.4 is 15.0 Å². The van der Waals surface area contributed by atoms with Gasteiger partial charge in [-0.1, -0.05) is 13.8 Å². The van der Waals surface area contributed by atoms with Gasteiger partial charge in [0.2, 0.25) is 11.8 Å². The molecule has 38 heavy (non-hydrogen) atoms. The molecule has 2 aliphatic rings. The van der Waals surface area contributed by atoms with E-state index in [9.17, 15) is 14.9 Å². The topological polar surface area (TPSA) is 115 Å². The highest BCUT2D eigenvalue weighted by Gasteiger charge is 2.29. The fourth-order valence-corrected chi connectivity index (χ4v) is 4.89. The summed E-state index contributed by atoms with van der Waals surface area (Å²) in [6.07, 6.45) is 3.69. The van der Waals surface area contributed by atoms with Crippen molar-refractivity contribution >= 4 is 36.2 Å². The first kappa shape index (κ1) is 27.7. The van der Waals surface area contributed by atoms with Gasteiger partial charge in [-0.2, -0.15) is 22.9 Å². The highest BCUT2D eigenvalue weighted by atomic mass is 32.1. The standard InChI is InChI=1S/C27H35N7O3S/c1-27(2,17-38)12-19-11-22(29-14-21(19)13-28)30-26(36)34-7-5-6-18-10-20(25(37-4)31-24(18)34)15-33-9-8-32(3)16-23(33)35/h10-11,14,38H,5-9,12,15-17H2,1-4H3,(H,29,30,36). The molecule has 0 aliphatic carbocycles. The Bertz CT molecular complexity index is 1260. The number of pyridine rings is 2. The van der Waals surface area contributed by atoms with E-state index in [2.05, 4.69) is 42.8 Å². The van der Waals surface area contributed by atoms with Crippen molar-refractivity contribution in [3.63, 3.8) is 0 Å². The van der Waals surface area contributed by atoms with E-state index < -0.39 is 0 Å². The van der Waals surface area contributed by atoms with E-state index in [0.29, 0.717) is 61.4 Å². The number of nitrogens with zero attached hydrogens (tertiary/aromatic N) is 6. The molecule has 2 aromatic heterocycles. The van der Waals surface area contributed by atoms with Crippen molar-refractivity contribution in [1.29, 1.82) is 5.26 Å². The Balaban J connectivity index is 1.55. The summed E-state index contributed by atoms with van der Waals surface area (Å²) in [6.45, 7) is 6.94. The number of nitriles is 1. The molecule has 0 aromatic carbocycles. The molecular formula is C27H35N7O3S. The van der Waals surface area contributed by atoms with Crippen LogP contribution >= 0.6 is 12.6 Å². The van der Waals surface area contributed by atoms with Crippen LogP contribution in [0.4, 0.5) is 16.4 Å². The number of carbonyl (C=O) groups is 2. The van der Waals surface area contributed by atoms with Crippen LogP contribution in [-0.4, -0.2) is 77.8 Å². The average molecular weight is 538 g/mol. The van der Waals surface area contributed by atoms with Crippen molar-refractivity contribution in [2.24, 2.45) is 5.41 Å². The normalized spacial score (nSPS) is 16.2. The molecule has 0 bridgehead atoms. The minimum Gasteiger partial charge on any atom is -0.481 e. The lowest BCUT2D eigenvalue weighted by molar-refractivity contribution is -0.136. The summed E-state index contributed by atoms with van der Waals surface area (Å²) in [5, 5.41) is 12.4. The summed E-state index contributed by atoms with van der Waals surface area (Å²) < 4.78 is 5.59. The molecule has 2 aliphatic heterocycles. The molecule has 202 valence electrons. The molecule has 2 aromatic rings. The Morgan fingerprint density at radius 1 is 1.26 bits per heavy atom. The lowest BCUT2D eigenvalue weighted by Crippen LogP contribution is -2.48. The molecule has 0 saturated carbocycles. The Hall–Kier alpha value is -3.36. The minimum atomic E-state index is -0.348. The van der Waals surface area contributed by atoms with E-state index in [1.807, 2.05) is 22.9 Å². The summed E-state index contributed by atoms with van der Waals surface area (Å²) in [7, 11) is 3.48. The van der Waals surface area contributed by atoms with E-state index in [1.165, 1.54) is 6.20 Å². The van der Waals surface area contributed by atoms with Crippen molar-refractivity contribution in [1.82, 2.24) is 19.8 Å². The number of hydrogen-bond donors (Lipinski definition) is 2. The highest BCUT2D eigenvalue weighted by Crippen LogP contribution is 2.32. The molecule has 4 rings (SSSR count). The average Bonchev–Trinajstić information content (AvgIpc) is 2.89. The van der Waals surface area contributed by atoms with Crippen molar-refractivity contribution in [2.45, 2.75) is 39.7 Å². The first-order valence-corrected chi connectivity index (χ1v) is 13.4. The maximum absolute atomic E-state index is 13.4. The Kier molecular flexibility index (Phi) is 8.43. The Labute approximate surface area is 229 Å². The minimum absolute atomic E-state index is 0.0755. The molecular weight excluding hydrogens is 502 g/mol. The quantitative estimate of drug-likeness (QED) is 0.522. The number of likely N-dealkylation sites (N-methyl/N-ethyl adjacent to an activating group) is 1. The van der Waals surface area contributed by atoms with Gasteiger partial charge in [-0.15, -0.1) is 0 Å². The summed E-state index contributed by atoms with van der Waals surface area (Å²) in [4.78, 5) is 40.3. The number of urea groups is 1. The number of nitrogens with one attached hydrogen (secondary N) is 1. The van der Waals surface area contributed by atoms with E-state index in [4.69, 9.17) is 9.72 Å². The van der Waals surface area contributed by atoms with Crippen LogP contribution in [0.15, 0.2) is 18.3 Å². The number of anilines is 2. The molecule has 0 atom stereocenters. The molecule has 4 heterocycles. The number of carbonyl (C=O) groups excluding carboxylic acids is 2. The van der Waals surface area contributed by atoms with Gasteiger partial charge in [0.15, 0.2) is 0 Å². The number of piperazine rings is 1. The molecule has 1 N–H and O–H groups in total. The van der Waals surface area contributed by atoms with Gasteiger partial charge in [0.05, 0.1) is 25.8 Å². The monoisotopic (exact) mass is 537 g/mol. The summed E-state index contributed by atoms with van der Waals surface area (Å²) >= 11 is 4.43. The maximum atomic E-state index is 13.4. The number of methoxy groups -OCH3 is 1. The zero-order chi connectivity index (χ0) is 27.4. The first-order valence-electron chi connectivity index (χ1n) is 12.8. The van der Waals surface area contributed by atoms with Gasteiger partial charge in [-0.05, 0) is 60.7 Å². The van der Waals surface area contributed by atoms with Gasteiger partial charge in [-0.25, -0.2) is 9.78 Å². The van der Waals surface area contributed by atoms with Gasteiger partial charge in [0, 0.05) is 31.4 Å². The summed E-state index contributed by atoms with van der Waals surface area (Å²) in [5.74, 6) is 2.06. The van der Waals surface area contributed by atoms with Crippen molar-refractivity contribution in [3.05, 3.63) is 40.6 Å². The predicted octanol–water partition coefficient (Wildman–Crippen LogP) is 3.11. The number of thiol groups is 1. The number of hydrogen-bond acceptors (Lipinski definition) is 8.